The maximum Gasteiger partial charge on any atom is 0.185 e. The predicted octanol–water partition coefficient (Wildman–Crippen LogP) is 9.55. The Hall–Kier alpha value is -1.62. The number of unbranched alkanes of at least 4 members (excludes halogenated alkanes) is 10. The van der Waals surface area contributed by atoms with Crippen LogP contribution in [0.1, 0.15) is 109 Å². The fourth-order valence-corrected chi connectivity index (χ4v) is 4.91. The lowest BCUT2D eigenvalue weighted by Gasteiger charge is -2.29. The Morgan fingerprint density at radius 3 is 2.14 bits per heavy atom. The van der Waals surface area contributed by atoms with Crippen molar-refractivity contribution in [3.63, 3.8) is 0 Å². The minimum Gasteiger partial charge on any atom is -0.492 e. The zero-order valence-electron chi connectivity index (χ0n) is 22.5. The van der Waals surface area contributed by atoms with Gasteiger partial charge in [-0.1, -0.05) is 102 Å². The summed E-state index contributed by atoms with van der Waals surface area (Å²) in [5, 5.41) is 0.625. The van der Waals surface area contributed by atoms with Crippen LogP contribution in [-0.2, 0) is 9.47 Å². The van der Waals surface area contributed by atoms with E-state index in [1.54, 1.807) is 0 Å². The van der Waals surface area contributed by atoms with Gasteiger partial charge in [-0.25, -0.2) is 0 Å². The zero-order chi connectivity index (χ0) is 25.4. The average Bonchev–Trinajstić information content (AvgIpc) is 2.91. The first-order valence-corrected chi connectivity index (χ1v) is 14.7. The van der Waals surface area contributed by atoms with Crippen molar-refractivity contribution >= 4 is 11.6 Å². The summed E-state index contributed by atoms with van der Waals surface area (Å²) in [4.78, 5) is 4.65. The fourth-order valence-electron chi connectivity index (χ4n) is 4.67. The van der Waals surface area contributed by atoms with Gasteiger partial charge in [0.25, 0.3) is 0 Å². The summed E-state index contributed by atoms with van der Waals surface area (Å²) in [5.74, 6) is 1.24. The molecule has 2 aromatic rings. The van der Waals surface area contributed by atoms with E-state index in [-0.39, 0.29) is 6.29 Å². The second-order valence-corrected chi connectivity index (χ2v) is 10.6. The molecule has 4 nitrogen and oxygen atoms in total. The van der Waals surface area contributed by atoms with Crippen LogP contribution in [0, 0.1) is 5.92 Å². The molecule has 0 bridgehead atoms. The maximum absolute atomic E-state index is 6.50. The number of nitrogens with zero attached hydrogens (tertiary/aromatic N) is 1. The van der Waals surface area contributed by atoms with E-state index in [1.807, 2.05) is 36.5 Å². The smallest absolute Gasteiger partial charge is 0.185 e. The van der Waals surface area contributed by atoms with Gasteiger partial charge in [0.15, 0.2) is 6.29 Å². The van der Waals surface area contributed by atoms with E-state index in [0.29, 0.717) is 17.5 Å². The number of rotatable bonds is 17. The molecule has 1 fully saturated rings. The molecule has 0 unspecified atom stereocenters. The number of halogens is 1. The Morgan fingerprint density at radius 2 is 1.50 bits per heavy atom. The SMILES string of the molecule is CCCCCCCCOc1ccc(-c2ccc([C@H]3OC[C@H](CCCCCCCC)CO3)cn2)cc1Cl. The third kappa shape index (κ3) is 10.0. The highest BCUT2D eigenvalue weighted by molar-refractivity contribution is 6.32. The Morgan fingerprint density at radius 1 is 0.833 bits per heavy atom. The van der Waals surface area contributed by atoms with Crippen LogP contribution in [0.15, 0.2) is 36.5 Å². The van der Waals surface area contributed by atoms with Gasteiger partial charge in [-0.3, -0.25) is 4.98 Å². The van der Waals surface area contributed by atoms with Gasteiger partial charge in [0.1, 0.15) is 5.75 Å². The Labute approximate surface area is 224 Å². The van der Waals surface area contributed by atoms with Crippen LogP contribution in [0.4, 0.5) is 0 Å². The van der Waals surface area contributed by atoms with E-state index in [2.05, 4.69) is 18.8 Å². The highest BCUT2D eigenvalue weighted by Gasteiger charge is 2.23. The molecule has 1 aliphatic rings. The Kier molecular flexibility index (Phi) is 13.7. The molecule has 0 spiro atoms. The maximum atomic E-state index is 6.50. The number of aromatic nitrogens is 1. The number of benzene rings is 1. The fraction of sp³-hybridized carbons (Fsp3) is 0.645. The van der Waals surface area contributed by atoms with E-state index >= 15 is 0 Å². The summed E-state index contributed by atoms with van der Waals surface area (Å²) in [7, 11) is 0. The van der Waals surface area contributed by atoms with Crippen LogP contribution < -0.4 is 4.74 Å². The van der Waals surface area contributed by atoms with Crippen molar-refractivity contribution < 1.29 is 14.2 Å². The number of hydrogen-bond donors (Lipinski definition) is 0. The summed E-state index contributed by atoms with van der Waals surface area (Å²) < 4.78 is 18.0. The van der Waals surface area contributed by atoms with Gasteiger partial charge in [0, 0.05) is 23.2 Å². The van der Waals surface area contributed by atoms with Gasteiger partial charge < -0.3 is 14.2 Å². The number of ether oxygens (including phenoxy) is 3. The highest BCUT2D eigenvalue weighted by atomic mass is 35.5. The summed E-state index contributed by atoms with van der Waals surface area (Å²) in [6, 6.07) is 9.94. The minimum absolute atomic E-state index is 0.325. The lowest BCUT2D eigenvalue weighted by molar-refractivity contribution is -0.206. The molecule has 1 aromatic heterocycles. The molecule has 0 aliphatic carbocycles. The molecule has 200 valence electrons. The average molecular weight is 516 g/mol. The Bertz CT molecular complexity index is 849. The summed E-state index contributed by atoms with van der Waals surface area (Å²) in [6.07, 6.45) is 18.2. The van der Waals surface area contributed by atoms with Crippen LogP contribution in [0.25, 0.3) is 11.3 Å². The first kappa shape index (κ1) is 28.9. The van der Waals surface area contributed by atoms with Gasteiger partial charge in [-0.05, 0) is 37.1 Å². The standard InChI is InChI=1S/C31H46ClNO3/c1-3-5-7-9-11-13-15-25-23-35-31(36-24-25)27-16-18-29(33-22-27)26-17-19-30(28(32)21-26)34-20-14-12-10-8-6-4-2/h16-19,21-22,25,31H,3-15,20,23-24H2,1-2H3/t25-,31-. The normalized spacial score (nSPS) is 17.9. The van der Waals surface area contributed by atoms with Gasteiger partial charge >= 0.3 is 0 Å². The molecule has 0 N–H and O–H groups in total. The zero-order valence-corrected chi connectivity index (χ0v) is 23.2. The quantitative estimate of drug-likeness (QED) is 0.197. The molecule has 0 amide bonds. The van der Waals surface area contributed by atoms with Crippen molar-refractivity contribution in [1.82, 2.24) is 4.98 Å². The molecule has 0 saturated carbocycles. The van der Waals surface area contributed by atoms with Crippen molar-refractivity contribution in [2.75, 3.05) is 19.8 Å². The molecule has 5 heteroatoms. The molecule has 0 radical (unpaired) electrons. The highest BCUT2D eigenvalue weighted by Crippen LogP contribution is 2.32. The number of pyridine rings is 1. The molecular formula is C31H46ClNO3. The lowest BCUT2D eigenvalue weighted by Crippen LogP contribution is -2.27. The first-order chi connectivity index (χ1) is 17.7. The molecule has 2 heterocycles. The summed E-state index contributed by atoms with van der Waals surface area (Å²) in [6.45, 7) is 6.73. The molecular weight excluding hydrogens is 470 g/mol. The van der Waals surface area contributed by atoms with Crippen molar-refractivity contribution in [2.24, 2.45) is 5.92 Å². The first-order valence-electron chi connectivity index (χ1n) is 14.3. The predicted molar refractivity (Wildman–Crippen MR) is 150 cm³/mol. The van der Waals surface area contributed by atoms with Crippen LogP contribution in [0.2, 0.25) is 5.02 Å². The van der Waals surface area contributed by atoms with E-state index in [4.69, 9.17) is 25.8 Å². The largest absolute Gasteiger partial charge is 0.492 e. The van der Waals surface area contributed by atoms with Gasteiger partial charge in [0.05, 0.1) is 30.5 Å². The van der Waals surface area contributed by atoms with Crippen molar-refractivity contribution in [2.45, 2.75) is 104 Å². The molecule has 3 rings (SSSR count). The topological polar surface area (TPSA) is 40.6 Å². The second-order valence-electron chi connectivity index (χ2n) is 10.2. The monoisotopic (exact) mass is 515 g/mol. The molecule has 1 saturated heterocycles. The second kappa shape index (κ2) is 17.0. The van der Waals surface area contributed by atoms with E-state index in [1.165, 1.54) is 77.0 Å². The van der Waals surface area contributed by atoms with Crippen LogP contribution >= 0.6 is 11.6 Å². The number of hydrogen-bond acceptors (Lipinski definition) is 4. The molecule has 0 atom stereocenters. The van der Waals surface area contributed by atoms with Crippen molar-refractivity contribution in [3.8, 4) is 17.0 Å². The van der Waals surface area contributed by atoms with E-state index < -0.39 is 0 Å². The lowest BCUT2D eigenvalue weighted by atomic mass is 10.0. The summed E-state index contributed by atoms with van der Waals surface area (Å²) >= 11 is 6.50. The van der Waals surface area contributed by atoms with E-state index in [9.17, 15) is 0 Å². The summed E-state index contributed by atoms with van der Waals surface area (Å²) in [5.41, 5.74) is 2.81. The van der Waals surface area contributed by atoms with Crippen LogP contribution in [0.3, 0.4) is 0 Å². The minimum atomic E-state index is -0.325. The Balaban J connectivity index is 1.40. The van der Waals surface area contributed by atoms with Crippen molar-refractivity contribution in [3.05, 3.63) is 47.1 Å². The van der Waals surface area contributed by atoms with Gasteiger partial charge in [-0.2, -0.15) is 0 Å². The van der Waals surface area contributed by atoms with Crippen molar-refractivity contribution in [1.29, 1.82) is 0 Å². The molecule has 1 aromatic carbocycles. The molecule has 36 heavy (non-hydrogen) atoms. The third-order valence-electron chi connectivity index (χ3n) is 6.97. The van der Waals surface area contributed by atoms with Crippen LogP contribution in [-0.4, -0.2) is 24.8 Å². The van der Waals surface area contributed by atoms with Crippen LogP contribution in [0.5, 0.6) is 5.75 Å². The van der Waals surface area contributed by atoms with E-state index in [0.717, 1.165) is 42.2 Å². The third-order valence-corrected chi connectivity index (χ3v) is 7.27. The van der Waals surface area contributed by atoms with Gasteiger partial charge in [-0.15, -0.1) is 0 Å². The molecule has 1 aliphatic heterocycles. The van der Waals surface area contributed by atoms with Gasteiger partial charge in [0.2, 0.25) is 0 Å².